The third-order valence-corrected chi connectivity index (χ3v) is 4.63. The molecule has 0 fully saturated rings. The van der Waals surface area contributed by atoms with E-state index in [1.54, 1.807) is 36.4 Å². The molecular weight excluding hydrogens is 473 g/mol. The molecule has 0 saturated heterocycles. The number of azo groups is 1. The number of halogens is 3. The Morgan fingerprint density at radius 1 is 1.09 bits per heavy atom. The number of rotatable bonds is 6. The highest BCUT2D eigenvalue weighted by Gasteiger charge is 2.40. The van der Waals surface area contributed by atoms with Crippen molar-refractivity contribution in [2.75, 3.05) is 11.1 Å². The molecule has 0 unspecified atom stereocenters. The Morgan fingerprint density at radius 2 is 1.71 bits per heavy atom. The van der Waals surface area contributed by atoms with Gasteiger partial charge < -0.3 is 11.1 Å². The van der Waals surface area contributed by atoms with Crippen molar-refractivity contribution in [1.29, 1.82) is 5.26 Å². The maximum atomic E-state index is 13.6. The number of nitriles is 1. The average Bonchev–Trinajstić information content (AvgIpc) is 2.78. The fourth-order valence-corrected chi connectivity index (χ4v) is 3.00. The number of benzene rings is 2. The second-order valence-electron chi connectivity index (χ2n) is 6.87. The minimum atomic E-state index is -5.23. The van der Waals surface area contributed by atoms with E-state index in [-0.39, 0.29) is 34.5 Å². The standard InChI is InChI=1S/C20H13F3N8O4/c1-10-13(9-24)18(25)27-19(26-11-5-3-2-4-6-11)16(10)28-29-17-14(20(21,22)23)7-12(30(32)33)8-15(17)31(34)35/h2-8H,1H3,(H3,25,26,27). The Hall–Kier alpha value is -5.13. The quantitative estimate of drug-likeness (QED) is 0.247. The Balaban J connectivity index is 2.27. The zero-order chi connectivity index (χ0) is 25.9. The van der Waals surface area contributed by atoms with Crippen LogP contribution in [-0.2, 0) is 6.18 Å². The SMILES string of the molecule is Cc1c(C#N)c(N)nc(Nc2ccccc2)c1N=Nc1c([N+](=O)[O-])cc([N+](=O)[O-])cc1C(F)(F)F. The number of nitrogens with one attached hydrogen (secondary N) is 1. The van der Waals surface area contributed by atoms with Crippen LogP contribution < -0.4 is 11.1 Å². The van der Waals surface area contributed by atoms with Gasteiger partial charge in [-0.3, -0.25) is 20.2 Å². The lowest BCUT2D eigenvalue weighted by atomic mass is 10.1. The number of nitro benzene ring substituents is 2. The van der Waals surface area contributed by atoms with E-state index in [1.165, 1.54) is 6.92 Å². The largest absolute Gasteiger partial charge is 0.419 e. The molecule has 0 amide bonds. The number of aromatic nitrogens is 1. The van der Waals surface area contributed by atoms with E-state index in [0.29, 0.717) is 11.8 Å². The van der Waals surface area contributed by atoms with Crippen molar-refractivity contribution in [3.05, 3.63) is 79.4 Å². The molecule has 0 aliphatic heterocycles. The summed E-state index contributed by atoms with van der Waals surface area (Å²) in [5, 5.41) is 41.8. The van der Waals surface area contributed by atoms with Crippen LogP contribution in [0.15, 0.2) is 52.7 Å². The normalized spacial score (nSPS) is 11.3. The molecule has 0 aliphatic carbocycles. The molecule has 3 aromatic rings. The number of pyridine rings is 1. The Kier molecular flexibility index (Phi) is 6.58. The lowest BCUT2D eigenvalue weighted by molar-refractivity contribution is -0.394. The van der Waals surface area contributed by atoms with Gasteiger partial charge in [-0.1, -0.05) is 18.2 Å². The number of anilines is 3. The summed E-state index contributed by atoms with van der Waals surface area (Å²) in [6.45, 7) is 1.38. The number of nitrogens with two attached hydrogens (primary N) is 1. The van der Waals surface area contributed by atoms with Crippen LogP contribution in [0.4, 0.5) is 53.2 Å². The van der Waals surface area contributed by atoms with Crippen LogP contribution in [0.1, 0.15) is 16.7 Å². The molecule has 0 spiro atoms. The molecule has 3 N–H and O–H groups in total. The molecule has 35 heavy (non-hydrogen) atoms. The molecule has 2 aromatic carbocycles. The Bertz CT molecular complexity index is 1400. The minimum Gasteiger partial charge on any atom is -0.383 e. The Labute approximate surface area is 193 Å². The highest BCUT2D eigenvalue weighted by molar-refractivity contribution is 5.77. The molecule has 0 atom stereocenters. The minimum absolute atomic E-state index is 0.0836. The highest BCUT2D eigenvalue weighted by Crippen LogP contribution is 2.45. The molecule has 1 heterocycles. The molecule has 0 bridgehead atoms. The van der Waals surface area contributed by atoms with E-state index in [2.05, 4.69) is 20.5 Å². The molecule has 0 aliphatic rings. The monoisotopic (exact) mass is 486 g/mol. The van der Waals surface area contributed by atoms with Crippen LogP contribution in [-0.4, -0.2) is 14.8 Å². The first-order chi connectivity index (χ1) is 16.4. The van der Waals surface area contributed by atoms with Crippen molar-refractivity contribution in [2.24, 2.45) is 10.2 Å². The number of hydrogen-bond donors (Lipinski definition) is 2. The molecule has 3 rings (SSSR count). The summed E-state index contributed by atoms with van der Waals surface area (Å²) >= 11 is 0. The van der Waals surface area contributed by atoms with Gasteiger partial charge in [-0.15, -0.1) is 10.2 Å². The van der Waals surface area contributed by atoms with Crippen molar-refractivity contribution in [3.63, 3.8) is 0 Å². The average molecular weight is 486 g/mol. The second-order valence-corrected chi connectivity index (χ2v) is 6.87. The van der Waals surface area contributed by atoms with Gasteiger partial charge in [0.1, 0.15) is 17.6 Å². The van der Waals surface area contributed by atoms with E-state index in [9.17, 15) is 38.7 Å². The topological polar surface area (TPSA) is 186 Å². The predicted molar refractivity (Wildman–Crippen MR) is 117 cm³/mol. The van der Waals surface area contributed by atoms with Crippen LogP contribution in [0.25, 0.3) is 0 Å². The summed E-state index contributed by atoms with van der Waals surface area (Å²) in [7, 11) is 0. The highest BCUT2D eigenvalue weighted by atomic mass is 19.4. The van der Waals surface area contributed by atoms with Crippen molar-refractivity contribution >= 4 is 40.1 Å². The molecule has 12 nitrogen and oxygen atoms in total. The number of nitro groups is 2. The number of para-hydroxylation sites is 1. The number of nitrogen functional groups attached to an aromatic ring is 1. The van der Waals surface area contributed by atoms with Gasteiger partial charge in [-0.25, -0.2) is 4.98 Å². The van der Waals surface area contributed by atoms with Gasteiger partial charge in [0.15, 0.2) is 11.5 Å². The van der Waals surface area contributed by atoms with Gasteiger partial charge in [-0.2, -0.15) is 18.4 Å². The van der Waals surface area contributed by atoms with Crippen molar-refractivity contribution in [2.45, 2.75) is 13.1 Å². The smallest absolute Gasteiger partial charge is 0.383 e. The van der Waals surface area contributed by atoms with Crippen LogP contribution in [0.3, 0.4) is 0 Å². The molecule has 178 valence electrons. The van der Waals surface area contributed by atoms with Crippen molar-refractivity contribution < 1.29 is 23.0 Å². The summed E-state index contributed by atoms with van der Waals surface area (Å²) in [6.07, 6.45) is -5.23. The summed E-state index contributed by atoms with van der Waals surface area (Å²) in [4.78, 5) is 24.0. The summed E-state index contributed by atoms with van der Waals surface area (Å²) in [6, 6.07) is 10.6. The first-order valence-corrected chi connectivity index (χ1v) is 9.42. The zero-order valence-corrected chi connectivity index (χ0v) is 17.6. The summed E-state index contributed by atoms with van der Waals surface area (Å²) < 4.78 is 40.9. The zero-order valence-electron chi connectivity index (χ0n) is 17.6. The number of alkyl halides is 3. The second kappa shape index (κ2) is 9.39. The Morgan fingerprint density at radius 3 is 2.26 bits per heavy atom. The van der Waals surface area contributed by atoms with Gasteiger partial charge in [0, 0.05) is 17.3 Å². The van der Waals surface area contributed by atoms with E-state index in [1.807, 2.05) is 0 Å². The van der Waals surface area contributed by atoms with Crippen LogP contribution >= 0.6 is 0 Å². The van der Waals surface area contributed by atoms with Gasteiger partial charge in [0.25, 0.3) is 5.69 Å². The number of hydrogen-bond acceptors (Lipinski definition) is 10. The van der Waals surface area contributed by atoms with E-state index >= 15 is 0 Å². The fourth-order valence-electron chi connectivity index (χ4n) is 3.00. The predicted octanol–water partition coefficient (Wildman–Crippen LogP) is 5.84. The van der Waals surface area contributed by atoms with E-state index in [0.717, 1.165) is 0 Å². The lowest BCUT2D eigenvalue weighted by Crippen LogP contribution is -2.08. The number of nitrogens with zero attached hydrogens (tertiary/aromatic N) is 6. The van der Waals surface area contributed by atoms with Gasteiger partial charge in [0.05, 0.1) is 27.0 Å². The van der Waals surface area contributed by atoms with E-state index in [4.69, 9.17) is 5.73 Å². The molecule has 0 radical (unpaired) electrons. The third-order valence-electron chi connectivity index (χ3n) is 4.63. The fraction of sp³-hybridized carbons (Fsp3) is 0.100. The lowest BCUT2D eigenvalue weighted by Gasteiger charge is -2.13. The van der Waals surface area contributed by atoms with Gasteiger partial charge in [-0.05, 0) is 19.1 Å². The maximum Gasteiger partial charge on any atom is 0.419 e. The van der Waals surface area contributed by atoms with Gasteiger partial charge in [0.2, 0.25) is 0 Å². The van der Waals surface area contributed by atoms with Crippen molar-refractivity contribution in [1.82, 2.24) is 4.98 Å². The van der Waals surface area contributed by atoms with E-state index < -0.39 is 38.6 Å². The maximum absolute atomic E-state index is 13.6. The molecular formula is C20H13F3N8O4. The van der Waals surface area contributed by atoms with Crippen LogP contribution in [0.2, 0.25) is 0 Å². The summed E-state index contributed by atoms with van der Waals surface area (Å²) in [5.74, 6) is -0.285. The third kappa shape index (κ3) is 5.11. The molecule has 1 aromatic heterocycles. The van der Waals surface area contributed by atoms with Crippen LogP contribution in [0, 0.1) is 38.5 Å². The van der Waals surface area contributed by atoms with Crippen molar-refractivity contribution in [3.8, 4) is 6.07 Å². The first kappa shape index (κ1) is 24.5. The van der Waals surface area contributed by atoms with Crippen LogP contribution in [0.5, 0.6) is 0 Å². The molecule has 0 saturated carbocycles. The van der Waals surface area contributed by atoms with Gasteiger partial charge >= 0.3 is 11.9 Å². The number of non-ortho nitro benzene ring substituents is 1. The first-order valence-electron chi connectivity index (χ1n) is 9.42. The summed E-state index contributed by atoms with van der Waals surface area (Å²) in [5.41, 5.74) is 0.597. The molecule has 15 heteroatoms.